The Hall–Kier alpha value is -4.78. The number of nitrogens with zero attached hydrogens (tertiary/aromatic N) is 2. The second-order valence-corrected chi connectivity index (χ2v) is 5.15. The molecule has 0 radical (unpaired) electrons. The summed E-state index contributed by atoms with van der Waals surface area (Å²) in [5.74, 6) is 15.8. The van der Waals surface area contributed by atoms with Crippen LogP contribution in [0.25, 0.3) is 0 Å². The van der Waals surface area contributed by atoms with Crippen LogP contribution in [0.15, 0.2) is 59.7 Å². The third-order valence-corrected chi connectivity index (χ3v) is 3.36. The van der Waals surface area contributed by atoms with Crippen molar-refractivity contribution in [1.29, 1.82) is 0 Å². The highest BCUT2D eigenvalue weighted by Crippen LogP contribution is 2.12. The monoisotopic (exact) mass is 366 g/mol. The van der Waals surface area contributed by atoms with Crippen molar-refractivity contribution in [2.75, 3.05) is 0 Å². The van der Waals surface area contributed by atoms with Gasteiger partial charge in [-0.3, -0.25) is 20.2 Å². The number of hydrogen-bond acceptors (Lipinski definition) is 4. The first kappa shape index (κ1) is 19.5. The van der Waals surface area contributed by atoms with Crippen LogP contribution in [0.5, 0.6) is 0 Å². The molecule has 6 nitrogen and oxygen atoms in total. The van der Waals surface area contributed by atoms with E-state index in [-0.39, 0.29) is 22.5 Å². The van der Waals surface area contributed by atoms with E-state index >= 15 is 0 Å². The lowest BCUT2D eigenvalue weighted by Gasteiger charge is -1.93. The van der Waals surface area contributed by atoms with E-state index in [1.807, 2.05) is 0 Å². The van der Waals surface area contributed by atoms with Crippen molar-refractivity contribution in [3.8, 4) is 48.4 Å². The summed E-state index contributed by atoms with van der Waals surface area (Å²) in [7, 11) is 0. The lowest BCUT2D eigenvalue weighted by molar-refractivity contribution is -0.385. The highest BCUT2D eigenvalue weighted by molar-refractivity contribution is 5.62. The molecule has 0 aliphatic rings. The van der Waals surface area contributed by atoms with E-state index in [0.717, 1.165) is 0 Å². The maximum Gasteiger partial charge on any atom is 0.269 e. The minimum atomic E-state index is -0.506. The highest BCUT2D eigenvalue weighted by Gasteiger charge is 2.04. The minimum Gasteiger partial charge on any atom is -0.258 e. The van der Waals surface area contributed by atoms with Gasteiger partial charge in [-0.05, 0) is 24.3 Å². The van der Waals surface area contributed by atoms with Crippen molar-refractivity contribution >= 4 is 11.4 Å². The molecule has 2 aromatic carbocycles. The fraction of sp³-hybridized carbons (Fsp3) is 0. The average Bonchev–Trinajstić information content (AvgIpc) is 2.71. The lowest BCUT2D eigenvalue weighted by Crippen LogP contribution is -1.88. The first-order valence-electron chi connectivity index (χ1n) is 7.65. The van der Waals surface area contributed by atoms with Gasteiger partial charge in [-0.1, -0.05) is 35.5 Å². The number of benzene rings is 2. The molecule has 0 heterocycles. The molecule has 0 saturated carbocycles. The van der Waals surface area contributed by atoms with Crippen molar-refractivity contribution in [3.05, 3.63) is 91.0 Å². The van der Waals surface area contributed by atoms with E-state index in [1.165, 1.54) is 48.5 Å². The fourth-order valence-electron chi connectivity index (χ4n) is 1.94. The molecular formula is C22H10N2O4. The quantitative estimate of drug-likeness (QED) is 0.463. The number of hydrogen-bond donors (Lipinski definition) is 0. The van der Waals surface area contributed by atoms with Crippen molar-refractivity contribution in [2.24, 2.45) is 0 Å². The normalized spacial score (nSPS) is 9.93. The predicted octanol–water partition coefficient (Wildman–Crippen LogP) is 3.47. The third kappa shape index (κ3) is 5.11. The first-order valence-corrected chi connectivity index (χ1v) is 7.65. The van der Waals surface area contributed by atoms with Gasteiger partial charge in [0.1, 0.15) is 0 Å². The second kappa shape index (κ2) is 9.07. The first-order chi connectivity index (χ1) is 13.4. The number of non-ortho nitro benzene ring substituents is 2. The topological polar surface area (TPSA) is 86.3 Å². The van der Waals surface area contributed by atoms with Gasteiger partial charge in [-0.15, -0.1) is 12.8 Å². The highest BCUT2D eigenvalue weighted by atomic mass is 16.6. The largest absolute Gasteiger partial charge is 0.269 e. The van der Waals surface area contributed by atoms with Crippen molar-refractivity contribution in [1.82, 2.24) is 0 Å². The maximum atomic E-state index is 10.7. The van der Waals surface area contributed by atoms with Gasteiger partial charge in [-0.25, -0.2) is 0 Å². The molecule has 0 aliphatic heterocycles. The van der Waals surface area contributed by atoms with Crippen LogP contribution in [0.4, 0.5) is 11.4 Å². The van der Waals surface area contributed by atoms with E-state index in [0.29, 0.717) is 11.1 Å². The zero-order valence-electron chi connectivity index (χ0n) is 14.3. The van der Waals surface area contributed by atoms with Gasteiger partial charge in [0.05, 0.1) is 21.0 Å². The summed E-state index contributed by atoms with van der Waals surface area (Å²) in [4.78, 5) is 20.3. The summed E-state index contributed by atoms with van der Waals surface area (Å²) in [5.41, 5.74) is 1.34. The number of allylic oxidation sites excluding steroid dienone is 2. The van der Waals surface area contributed by atoms with Crippen LogP contribution in [0, 0.1) is 68.6 Å². The Kier molecular flexibility index (Phi) is 6.33. The van der Waals surface area contributed by atoms with Crippen LogP contribution in [0.2, 0.25) is 0 Å². The number of nitro benzene ring substituents is 2. The van der Waals surface area contributed by atoms with Crippen molar-refractivity contribution in [3.63, 3.8) is 0 Å². The van der Waals surface area contributed by atoms with Gasteiger partial charge < -0.3 is 0 Å². The van der Waals surface area contributed by atoms with Crippen LogP contribution in [0.3, 0.4) is 0 Å². The van der Waals surface area contributed by atoms with Gasteiger partial charge in [0.15, 0.2) is 0 Å². The van der Waals surface area contributed by atoms with E-state index < -0.39 is 9.85 Å². The summed E-state index contributed by atoms with van der Waals surface area (Å²) in [6.45, 7) is 0. The molecule has 0 spiro atoms. The summed E-state index contributed by atoms with van der Waals surface area (Å²) >= 11 is 0. The Balaban J connectivity index is 2.32. The predicted molar refractivity (Wildman–Crippen MR) is 105 cm³/mol. The molecule has 0 aliphatic carbocycles. The van der Waals surface area contributed by atoms with Crippen LogP contribution < -0.4 is 0 Å². The van der Waals surface area contributed by atoms with Crippen LogP contribution in [-0.2, 0) is 0 Å². The molecule has 0 atom stereocenters. The van der Waals surface area contributed by atoms with Gasteiger partial charge >= 0.3 is 0 Å². The molecular weight excluding hydrogens is 356 g/mol. The van der Waals surface area contributed by atoms with Crippen LogP contribution >= 0.6 is 0 Å². The Morgan fingerprint density at radius 3 is 1.25 bits per heavy atom. The number of nitro groups is 2. The molecule has 0 amide bonds. The molecule has 0 fully saturated rings. The Bertz CT molecular complexity index is 1070. The van der Waals surface area contributed by atoms with Gasteiger partial charge in [-0.2, -0.15) is 0 Å². The molecule has 0 saturated heterocycles. The summed E-state index contributed by atoms with van der Waals surface area (Å²) in [6, 6.07) is 11.3. The van der Waals surface area contributed by atoms with Crippen LogP contribution in [-0.4, -0.2) is 9.85 Å². The number of terminal acetylenes is 2. The third-order valence-electron chi connectivity index (χ3n) is 3.36. The molecule has 2 rings (SSSR count). The zero-order valence-corrected chi connectivity index (χ0v) is 14.3. The number of rotatable bonds is 2. The SMILES string of the molecule is C#C/C(C#Cc1ccc([N+](=O)[O-])cc1)=C(\C#C)C#Cc1ccc([N+](=O)[O-])cc1. The van der Waals surface area contributed by atoms with E-state index in [1.54, 1.807) is 0 Å². The van der Waals surface area contributed by atoms with Crippen molar-refractivity contribution < 1.29 is 9.85 Å². The molecule has 0 N–H and O–H groups in total. The van der Waals surface area contributed by atoms with Gasteiger partial charge in [0.25, 0.3) is 11.4 Å². The maximum absolute atomic E-state index is 10.7. The summed E-state index contributed by atoms with van der Waals surface area (Å²) < 4.78 is 0. The minimum absolute atomic E-state index is 0.0449. The summed E-state index contributed by atoms with van der Waals surface area (Å²) in [5, 5.41) is 21.3. The Morgan fingerprint density at radius 1 is 0.679 bits per heavy atom. The molecule has 2 aromatic rings. The fourth-order valence-corrected chi connectivity index (χ4v) is 1.94. The summed E-state index contributed by atoms with van der Waals surface area (Å²) in [6.07, 6.45) is 10.9. The van der Waals surface area contributed by atoms with Gasteiger partial charge in [0.2, 0.25) is 0 Å². The van der Waals surface area contributed by atoms with E-state index in [4.69, 9.17) is 12.8 Å². The van der Waals surface area contributed by atoms with Crippen molar-refractivity contribution in [2.45, 2.75) is 0 Å². The van der Waals surface area contributed by atoms with E-state index in [2.05, 4.69) is 35.5 Å². The Labute approximate surface area is 161 Å². The molecule has 0 aromatic heterocycles. The van der Waals surface area contributed by atoms with E-state index in [9.17, 15) is 20.2 Å². The molecule has 6 heteroatoms. The standard InChI is InChI=1S/C22H10N2O4/c1-3-19(11-5-17-7-13-21(14-8-17)23(25)26)20(4-2)12-6-18-9-15-22(16-10-18)24(27)28/h1-2,7-10,13-16H/b20-19-. The smallest absolute Gasteiger partial charge is 0.258 e. The van der Waals surface area contributed by atoms with Crippen LogP contribution in [0.1, 0.15) is 11.1 Å². The molecule has 0 unspecified atom stereocenters. The lowest BCUT2D eigenvalue weighted by atomic mass is 10.1. The molecule has 0 bridgehead atoms. The molecule has 132 valence electrons. The molecule has 28 heavy (non-hydrogen) atoms. The Morgan fingerprint density at radius 2 is 1.00 bits per heavy atom. The zero-order chi connectivity index (χ0) is 20.5. The van der Waals surface area contributed by atoms with Gasteiger partial charge in [0, 0.05) is 35.4 Å². The average molecular weight is 366 g/mol. The second-order valence-electron chi connectivity index (χ2n) is 5.15.